The number of methoxy groups -OCH3 is 2. The molecule has 0 radical (unpaired) electrons. The summed E-state index contributed by atoms with van der Waals surface area (Å²) in [5.74, 6) is 0.0172. The summed E-state index contributed by atoms with van der Waals surface area (Å²) in [4.78, 5) is 38.0. The van der Waals surface area contributed by atoms with Gasteiger partial charge in [0.05, 0.1) is 30.9 Å². The van der Waals surface area contributed by atoms with E-state index in [1.54, 1.807) is 38.1 Å². The Kier molecular flexibility index (Phi) is 13.2. The normalized spacial score (nSPS) is 15.0. The SMILES string of the molecule is CCCC1=NN2C(S(=O)(=O)NC(=O)Nc3nc(OC)cc(OC)n3)=C(Cl)NC2C=C1.CCN(CC)C(=O)n1cnc(S(=O)(=O)c2c(C)cc(C)cc2C)n1. The Balaban J connectivity index is 0.000000247. The van der Waals surface area contributed by atoms with Crippen LogP contribution >= 0.6 is 11.6 Å². The van der Waals surface area contributed by atoms with Crippen LogP contribution in [0.15, 0.2) is 62.0 Å². The highest BCUT2D eigenvalue weighted by molar-refractivity contribution is 7.94. The molecule has 19 nitrogen and oxygen atoms in total. The van der Waals surface area contributed by atoms with Gasteiger partial charge in [0.2, 0.25) is 32.6 Å². The van der Waals surface area contributed by atoms with Crippen LogP contribution in [0.2, 0.25) is 0 Å². The van der Waals surface area contributed by atoms with Crippen molar-refractivity contribution in [2.75, 3.05) is 32.6 Å². The Hall–Kier alpha value is -5.28. The average molecular weight is 808 g/mol. The van der Waals surface area contributed by atoms with Gasteiger partial charge in [-0.1, -0.05) is 42.6 Å². The third kappa shape index (κ3) is 9.26. The second-order valence-electron chi connectivity index (χ2n) is 11.7. The van der Waals surface area contributed by atoms with Crippen molar-refractivity contribution in [3.63, 3.8) is 0 Å². The smallest absolute Gasteiger partial charge is 0.346 e. The van der Waals surface area contributed by atoms with E-state index in [9.17, 15) is 26.4 Å². The topological polar surface area (TPSA) is 232 Å². The lowest BCUT2D eigenvalue weighted by Crippen LogP contribution is -2.41. The molecule has 0 spiro atoms. The van der Waals surface area contributed by atoms with E-state index >= 15 is 0 Å². The van der Waals surface area contributed by atoms with Crippen LogP contribution in [0.3, 0.4) is 0 Å². The number of carbonyl (C=O) groups excluding carboxylic acids is 2. The lowest BCUT2D eigenvalue weighted by molar-refractivity contribution is 0.201. The summed E-state index contributed by atoms with van der Waals surface area (Å²) in [7, 11) is -5.52. The van der Waals surface area contributed by atoms with Gasteiger partial charge in [0.25, 0.3) is 15.2 Å². The number of aryl methyl sites for hydroxylation is 3. The first kappa shape index (κ1) is 41.5. The Morgan fingerprint density at radius 1 is 0.981 bits per heavy atom. The molecule has 2 aliphatic heterocycles. The molecule has 4 heterocycles. The number of carbonyl (C=O) groups is 2. The fraction of sp³-hybridized carbons (Fsp3) is 0.406. The number of sulfonamides is 1. The number of rotatable bonds is 11. The van der Waals surface area contributed by atoms with Gasteiger partial charge in [-0.25, -0.2) is 32.7 Å². The van der Waals surface area contributed by atoms with Crippen molar-refractivity contribution in [3.8, 4) is 11.8 Å². The largest absolute Gasteiger partial charge is 0.481 e. The molecule has 2 aliphatic rings. The van der Waals surface area contributed by atoms with Crippen molar-refractivity contribution in [1.29, 1.82) is 0 Å². The molecule has 0 saturated carbocycles. The fourth-order valence-corrected chi connectivity index (χ4v) is 8.59. The van der Waals surface area contributed by atoms with Gasteiger partial charge < -0.3 is 19.7 Å². The van der Waals surface area contributed by atoms with E-state index in [0.29, 0.717) is 36.3 Å². The van der Waals surface area contributed by atoms with Gasteiger partial charge in [-0.3, -0.25) is 5.32 Å². The van der Waals surface area contributed by atoms with E-state index in [4.69, 9.17) is 21.1 Å². The number of aromatic nitrogens is 5. The van der Waals surface area contributed by atoms with Gasteiger partial charge in [-0.15, -0.1) is 5.10 Å². The molecule has 2 aromatic heterocycles. The summed E-state index contributed by atoms with van der Waals surface area (Å²) in [5, 5.41) is 13.6. The number of urea groups is 1. The minimum absolute atomic E-state index is 0.117. The van der Waals surface area contributed by atoms with Crippen LogP contribution in [-0.4, -0.2) is 103 Å². The molecule has 0 aliphatic carbocycles. The zero-order valence-electron chi connectivity index (χ0n) is 30.9. The molecular weight excluding hydrogens is 766 g/mol. The first-order chi connectivity index (χ1) is 25.5. The molecule has 292 valence electrons. The van der Waals surface area contributed by atoms with Crippen LogP contribution < -0.4 is 24.8 Å². The number of anilines is 1. The van der Waals surface area contributed by atoms with Gasteiger partial charge in [-0.2, -0.15) is 28.2 Å². The zero-order chi connectivity index (χ0) is 40.0. The highest BCUT2D eigenvalue weighted by Crippen LogP contribution is 2.30. The third-order valence-electron chi connectivity index (χ3n) is 7.77. The Bertz CT molecular complexity index is 2170. The highest BCUT2D eigenvalue weighted by atomic mass is 35.5. The number of hydrazone groups is 1. The molecular formula is C32H42ClN11O8S2. The number of ether oxygens (including phenoxy) is 2. The molecule has 3 aromatic rings. The van der Waals surface area contributed by atoms with Crippen molar-refractivity contribution < 1.29 is 35.9 Å². The van der Waals surface area contributed by atoms with Gasteiger partial charge in [-0.05, 0) is 64.3 Å². The quantitative estimate of drug-likeness (QED) is 0.235. The summed E-state index contributed by atoms with van der Waals surface area (Å²) in [5.41, 5.74) is 2.95. The number of sulfone groups is 1. The second kappa shape index (κ2) is 17.2. The number of fused-ring (bicyclic) bond motifs is 1. The van der Waals surface area contributed by atoms with Crippen molar-refractivity contribution in [2.24, 2.45) is 5.10 Å². The fourth-order valence-electron chi connectivity index (χ4n) is 5.47. The molecule has 0 bridgehead atoms. The van der Waals surface area contributed by atoms with Gasteiger partial charge >= 0.3 is 12.1 Å². The number of hydrogen-bond donors (Lipinski definition) is 3. The number of nitrogens with one attached hydrogen (secondary N) is 3. The number of nitrogens with zero attached hydrogens (tertiary/aromatic N) is 8. The first-order valence-electron chi connectivity index (χ1n) is 16.5. The van der Waals surface area contributed by atoms with E-state index in [2.05, 4.69) is 35.8 Å². The summed E-state index contributed by atoms with van der Waals surface area (Å²) in [6.45, 7) is 12.1. The number of amides is 3. The van der Waals surface area contributed by atoms with Crippen LogP contribution in [0.5, 0.6) is 11.8 Å². The molecule has 1 aromatic carbocycles. The van der Waals surface area contributed by atoms with E-state index in [1.807, 2.05) is 32.4 Å². The lowest BCUT2D eigenvalue weighted by atomic mass is 10.1. The van der Waals surface area contributed by atoms with E-state index < -0.39 is 38.1 Å². The minimum Gasteiger partial charge on any atom is -0.481 e. The number of benzene rings is 1. The molecule has 3 N–H and O–H groups in total. The predicted molar refractivity (Wildman–Crippen MR) is 199 cm³/mol. The molecule has 54 heavy (non-hydrogen) atoms. The molecule has 5 rings (SSSR count). The van der Waals surface area contributed by atoms with Gasteiger partial charge in [0, 0.05) is 13.1 Å². The Morgan fingerprint density at radius 2 is 1.59 bits per heavy atom. The monoisotopic (exact) mass is 807 g/mol. The maximum atomic E-state index is 12.9. The second-order valence-corrected chi connectivity index (χ2v) is 15.5. The molecule has 0 saturated heterocycles. The van der Waals surface area contributed by atoms with Crippen LogP contribution in [0.1, 0.15) is 50.3 Å². The first-order valence-corrected chi connectivity index (χ1v) is 19.9. The molecule has 1 atom stereocenters. The Labute approximate surface area is 318 Å². The Morgan fingerprint density at radius 3 is 2.15 bits per heavy atom. The summed E-state index contributed by atoms with van der Waals surface area (Å²) in [6.07, 6.45) is 5.60. The maximum Gasteiger partial charge on any atom is 0.346 e. The van der Waals surface area contributed by atoms with Crippen molar-refractivity contribution >= 4 is 55.2 Å². The minimum atomic E-state index is -4.38. The van der Waals surface area contributed by atoms with Gasteiger partial charge in [0.15, 0.2) is 0 Å². The number of hydrogen-bond acceptors (Lipinski definition) is 15. The van der Waals surface area contributed by atoms with E-state index in [1.165, 1.54) is 30.2 Å². The maximum absolute atomic E-state index is 12.9. The lowest BCUT2D eigenvalue weighted by Gasteiger charge is -2.25. The van der Waals surface area contributed by atoms with E-state index in [-0.39, 0.29) is 37.9 Å². The molecule has 0 fully saturated rings. The number of halogens is 1. The molecule has 3 amide bonds. The van der Waals surface area contributed by atoms with Gasteiger partial charge in [0.1, 0.15) is 17.6 Å². The van der Waals surface area contributed by atoms with Crippen LogP contribution in [0.25, 0.3) is 0 Å². The summed E-state index contributed by atoms with van der Waals surface area (Å²) >= 11 is 6.10. The number of allylic oxidation sites excluding steroid dienone is 1. The summed E-state index contributed by atoms with van der Waals surface area (Å²) < 4.78 is 64.2. The van der Waals surface area contributed by atoms with Crippen LogP contribution in [-0.2, 0) is 19.9 Å². The standard InChI is InChI=1S/C16H20ClN7O5S.C16H22N4O3S/c1-4-5-9-6-7-10-18-13(17)14(24(10)22-9)30(26,27)23-16(25)21-15-19-11(28-2)8-12(20-15)29-3;1-6-19(7-2)16(21)20-10-17-15(18-20)24(22,23)14-12(4)8-11(3)9-13(14)5/h6-8,10,18H,4-5H2,1-3H3,(H2,19,20,21,23,25);8-10H,6-7H2,1-5H3. The van der Waals surface area contributed by atoms with Crippen LogP contribution in [0.4, 0.5) is 15.5 Å². The van der Waals surface area contributed by atoms with Crippen LogP contribution in [0, 0.1) is 20.8 Å². The predicted octanol–water partition coefficient (Wildman–Crippen LogP) is 3.61. The third-order valence-corrected chi connectivity index (χ3v) is 11.4. The van der Waals surface area contributed by atoms with Crippen molar-refractivity contribution in [1.82, 2.24) is 44.7 Å². The highest BCUT2D eigenvalue weighted by Gasteiger charge is 2.40. The zero-order valence-corrected chi connectivity index (χ0v) is 33.3. The summed E-state index contributed by atoms with van der Waals surface area (Å²) in [6, 6.07) is 3.50. The molecule has 1 unspecified atom stereocenters. The molecule has 22 heteroatoms. The van der Waals surface area contributed by atoms with E-state index in [0.717, 1.165) is 23.0 Å². The van der Waals surface area contributed by atoms with Crippen molar-refractivity contribution in [3.05, 3.63) is 63.6 Å². The average Bonchev–Trinajstić information content (AvgIpc) is 3.73. The van der Waals surface area contributed by atoms with Crippen molar-refractivity contribution in [2.45, 2.75) is 70.6 Å².